The minimum Gasteiger partial charge on any atom is -0.387 e. The molecular formula is C20H30N2O2. The molecule has 4 nitrogen and oxygen atoms in total. The third-order valence-corrected chi connectivity index (χ3v) is 6.77. The lowest BCUT2D eigenvalue weighted by molar-refractivity contribution is -0.148. The molecule has 1 heterocycles. The number of aliphatic hydroxyl groups is 1. The van der Waals surface area contributed by atoms with Crippen LogP contribution in [0, 0.1) is 0 Å². The van der Waals surface area contributed by atoms with Gasteiger partial charge in [-0.15, -0.1) is 0 Å². The number of likely N-dealkylation sites (tertiary alicyclic amines) is 1. The number of benzene rings is 1. The van der Waals surface area contributed by atoms with E-state index in [0.29, 0.717) is 5.56 Å². The van der Waals surface area contributed by atoms with Crippen molar-refractivity contribution in [1.82, 2.24) is 4.90 Å². The van der Waals surface area contributed by atoms with E-state index in [2.05, 4.69) is 25.8 Å². The molecule has 4 heteroatoms. The van der Waals surface area contributed by atoms with Gasteiger partial charge in [0.25, 0.3) is 0 Å². The normalized spacial score (nSPS) is 33.9. The lowest BCUT2D eigenvalue weighted by Crippen LogP contribution is -2.68. The number of rotatable bonds is 3. The summed E-state index contributed by atoms with van der Waals surface area (Å²) in [6.45, 7) is 5.25. The van der Waals surface area contributed by atoms with Gasteiger partial charge in [0.1, 0.15) is 0 Å². The van der Waals surface area contributed by atoms with E-state index in [4.69, 9.17) is 5.73 Å². The maximum Gasteiger partial charge on any atom is 0.248 e. The molecule has 1 aromatic carbocycles. The second-order valence-corrected chi connectivity index (χ2v) is 7.71. The van der Waals surface area contributed by atoms with Gasteiger partial charge in [-0.05, 0) is 69.5 Å². The van der Waals surface area contributed by atoms with Crippen LogP contribution in [0.5, 0.6) is 0 Å². The third-order valence-electron chi connectivity index (χ3n) is 6.77. The summed E-state index contributed by atoms with van der Waals surface area (Å²) in [7, 11) is 2.10. The van der Waals surface area contributed by atoms with E-state index in [-0.39, 0.29) is 11.5 Å². The van der Waals surface area contributed by atoms with E-state index in [1.54, 1.807) is 0 Å². The Hall–Kier alpha value is -1.39. The number of likely N-dealkylation sites (N-methyl/N-ethyl adjacent to an activating group) is 1. The molecule has 3 atom stereocenters. The molecule has 3 rings (SSSR count). The number of primary amides is 1. The standard InChI is InChI=1S/C20H30N2O2/c1-4-15-7-8-16(18(21)23)13-17(15)19-9-5-6-10-20(19,24)14(2)22(3)12-11-19/h7-8,13-14,24H,4-6,9-12H2,1-3H3,(H2,21,23). The maximum atomic E-state index is 11.8. The summed E-state index contributed by atoms with van der Waals surface area (Å²) in [4.78, 5) is 14.0. The highest BCUT2D eigenvalue weighted by molar-refractivity contribution is 5.93. The fourth-order valence-corrected chi connectivity index (χ4v) is 5.14. The van der Waals surface area contributed by atoms with Crippen LogP contribution in [0.4, 0.5) is 0 Å². The van der Waals surface area contributed by atoms with Gasteiger partial charge < -0.3 is 15.7 Å². The maximum absolute atomic E-state index is 11.8. The minimum absolute atomic E-state index is 0.105. The Labute approximate surface area is 145 Å². The van der Waals surface area contributed by atoms with Crippen molar-refractivity contribution in [3.8, 4) is 0 Å². The first kappa shape index (κ1) is 17.4. The highest BCUT2D eigenvalue weighted by Gasteiger charge is 2.59. The molecule has 0 bridgehead atoms. The Morgan fingerprint density at radius 2 is 2.04 bits per heavy atom. The summed E-state index contributed by atoms with van der Waals surface area (Å²) in [5, 5.41) is 11.8. The monoisotopic (exact) mass is 330 g/mol. The van der Waals surface area contributed by atoms with Crippen LogP contribution in [0.25, 0.3) is 0 Å². The van der Waals surface area contributed by atoms with Gasteiger partial charge in [-0.3, -0.25) is 4.79 Å². The average Bonchev–Trinajstić information content (AvgIpc) is 2.58. The molecule has 1 saturated carbocycles. The van der Waals surface area contributed by atoms with E-state index in [0.717, 1.165) is 50.6 Å². The van der Waals surface area contributed by atoms with Crippen LogP contribution < -0.4 is 5.73 Å². The van der Waals surface area contributed by atoms with Gasteiger partial charge in [-0.1, -0.05) is 25.8 Å². The van der Waals surface area contributed by atoms with Crippen molar-refractivity contribution < 1.29 is 9.90 Å². The Morgan fingerprint density at radius 1 is 1.33 bits per heavy atom. The van der Waals surface area contributed by atoms with Crippen molar-refractivity contribution in [3.63, 3.8) is 0 Å². The Bertz CT molecular complexity index is 645. The molecule has 1 aliphatic carbocycles. The number of amides is 1. The Balaban J connectivity index is 2.20. The summed E-state index contributed by atoms with van der Waals surface area (Å²) < 4.78 is 0. The van der Waals surface area contributed by atoms with Crippen LogP contribution >= 0.6 is 0 Å². The fourth-order valence-electron chi connectivity index (χ4n) is 5.14. The molecule has 132 valence electrons. The molecule has 2 fully saturated rings. The summed E-state index contributed by atoms with van der Waals surface area (Å²) in [6, 6.07) is 5.92. The molecule has 0 spiro atoms. The number of piperidine rings is 1. The molecule has 3 N–H and O–H groups in total. The first-order valence-corrected chi connectivity index (χ1v) is 9.21. The Kier molecular flexibility index (Phi) is 4.47. The molecule has 3 unspecified atom stereocenters. The third kappa shape index (κ3) is 2.39. The smallest absolute Gasteiger partial charge is 0.248 e. The van der Waals surface area contributed by atoms with Crippen molar-refractivity contribution in [2.24, 2.45) is 5.73 Å². The number of fused-ring (bicyclic) bond motifs is 1. The SMILES string of the molecule is CCc1ccc(C(N)=O)cc1C12CCCCC1(O)C(C)N(C)CC2. The molecule has 1 amide bonds. The molecule has 24 heavy (non-hydrogen) atoms. The largest absolute Gasteiger partial charge is 0.387 e. The van der Waals surface area contributed by atoms with Gasteiger partial charge in [0, 0.05) is 17.0 Å². The van der Waals surface area contributed by atoms with Crippen LogP contribution in [0.15, 0.2) is 18.2 Å². The predicted molar refractivity (Wildman–Crippen MR) is 96.1 cm³/mol. The zero-order valence-electron chi connectivity index (χ0n) is 15.1. The van der Waals surface area contributed by atoms with E-state index >= 15 is 0 Å². The van der Waals surface area contributed by atoms with Crippen LogP contribution in [0.1, 0.15) is 67.4 Å². The van der Waals surface area contributed by atoms with E-state index in [1.165, 1.54) is 5.56 Å². The Morgan fingerprint density at radius 3 is 2.71 bits per heavy atom. The number of hydrogen-bond acceptors (Lipinski definition) is 3. The van der Waals surface area contributed by atoms with Crippen molar-refractivity contribution in [1.29, 1.82) is 0 Å². The second kappa shape index (κ2) is 6.16. The summed E-state index contributed by atoms with van der Waals surface area (Å²) in [5.41, 5.74) is 7.46. The molecule has 0 aromatic heterocycles. The minimum atomic E-state index is -0.752. The highest BCUT2D eigenvalue weighted by Crippen LogP contribution is 2.54. The number of hydrogen-bond donors (Lipinski definition) is 2. The first-order valence-electron chi connectivity index (χ1n) is 9.21. The number of carbonyl (C=O) groups is 1. The molecule has 1 saturated heterocycles. The quantitative estimate of drug-likeness (QED) is 0.895. The number of nitrogens with two attached hydrogens (primary N) is 1. The first-order chi connectivity index (χ1) is 11.4. The van der Waals surface area contributed by atoms with Crippen LogP contribution in [0.2, 0.25) is 0 Å². The molecular weight excluding hydrogens is 300 g/mol. The van der Waals surface area contributed by atoms with E-state index in [1.807, 2.05) is 18.2 Å². The van der Waals surface area contributed by atoms with Gasteiger partial charge in [-0.25, -0.2) is 0 Å². The van der Waals surface area contributed by atoms with Gasteiger partial charge in [0.05, 0.1) is 5.60 Å². The number of carbonyl (C=O) groups excluding carboxylic acids is 1. The molecule has 1 aromatic rings. The summed E-state index contributed by atoms with van der Waals surface area (Å²) >= 11 is 0. The molecule has 0 radical (unpaired) electrons. The van der Waals surface area contributed by atoms with Gasteiger partial charge in [0.15, 0.2) is 0 Å². The lowest BCUT2D eigenvalue weighted by atomic mass is 9.53. The van der Waals surface area contributed by atoms with E-state index < -0.39 is 11.5 Å². The predicted octanol–water partition coefficient (Wildman–Crippen LogP) is 2.61. The lowest BCUT2D eigenvalue weighted by Gasteiger charge is -2.60. The number of nitrogens with zero attached hydrogens (tertiary/aromatic N) is 1. The van der Waals surface area contributed by atoms with Crippen LogP contribution in [0.3, 0.4) is 0 Å². The van der Waals surface area contributed by atoms with Gasteiger partial charge in [-0.2, -0.15) is 0 Å². The average molecular weight is 330 g/mol. The zero-order chi connectivity index (χ0) is 17.5. The topological polar surface area (TPSA) is 66.6 Å². The molecule has 1 aliphatic heterocycles. The fraction of sp³-hybridized carbons (Fsp3) is 0.650. The van der Waals surface area contributed by atoms with Crippen LogP contribution in [-0.2, 0) is 11.8 Å². The summed E-state index contributed by atoms with van der Waals surface area (Å²) in [5.74, 6) is -0.393. The van der Waals surface area contributed by atoms with Crippen molar-refractivity contribution in [2.45, 2.75) is 69.4 Å². The number of aryl methyl sites for hydroxylation is 1. The van der Waals surface area contributed by atoms with Crippen molar-refractivity contribution >= 4 is 5.91 Å². The van der Waals surface area contributed by atoms with E-state index in [9.17, 15) is 9.90 Å². The summed E-state index contributed by atoms with van der Waals surface area (Å²) in [6.07, 6.45) is 5.82. The van der Waals surface area contributed by atoms with Crippen LogP contribution in [-0.4, -0.2) is 41.1 Å². The second-order valence-electron chi connectivity index (χ2n) is 7.71. The highest BCUT2D eigenvalue weighted by atomic mass is 16.3. The van der Waals surface area contributed by atoms with Crippen molar-refractivity contribution in [2.75, 3.05) is 13.6 Å². The van der Waals surface area contributed by atoms with Gasteiger partial charge >= 0.3 is 0 Å². The zero-order valence-corrected chi connectivity index (χ0v) is 15.1. The van der Waals surface area contributed by atoms with Crippen molar-refractivity contribution in [3.05, 3.63) is 34.9 Å². The van der Waals surface area contributed by atoms with Gasteiger partial charge in [0.2, 0.25) is 5.91 Å². The molecule has 2 aliphatic rings.